The second-order valence-electron chi connectivity index (χ2n) is 4.33. The fourth-order valence-corrected chi connectivity index (χ4v) is 2.11. The van der Waals surface area contributed by atoms with Gasteiger partial charge in [0, 0.05) is 11.1 Å². The maximum absolute atomic E-state index is 5.47. The molecule has 0 amide bonds. The summed E-state index contributed by atoms with van der Waals surface area (Å²) >= 11 is 0. The van der Waals surface area contributed by atoms with Gasteiger partial charge >= 0.3 is 0 Å². The second-order valence-corrected chi connectivity index (χ2v) is 4.33. The van der Waals surface area contributed by atoms with E-state index in [4.69, 9.17) is 9.47 Å². The maximum Gasteiger partial charge on any atom is 0.127 e. The van der Waals surface area contributed by atoms with Crippen LogP contribution in [0.4, 0.5) is 0 Å². The van der Waals surface area contributed by atoms with E-state index in [0.29, 0.717) is 0 Å². The molecule has 0 aliphatic rings. The summed E-state index contributed by atoms with van der Waals surface area (Å²) in [4.78, 5) is 0. The van der Waals surface area contributed by atoms with Crippen LogP contribution in [-0.2, 0) is 0 Å². The summed E-state index contributed by atoms with van der Waals surface area (Å²) in [6, 6.07) is 12.0. The summed E-state index contributed by atoms with van der Waals surface area (Å²) in [5, 5.41) is 0. The molecule has 0 heterocycles. The quantitative estimate of drug-likeness (QED) is 0.783. The van der Waals surface area contributed by atoms with Gasteiger partial charge in [0.15, 0.2) is 0 Å². The molecule has 2 aromatic carbocycles. The number of hydrogen-bond donors (Lipinski definition) is 0. The first kappa shape index (κ1) is 13.9. The minimum Gasteiger partial charge on any atom is -0.496 e. The van der Waals surface area contributed by atoms with E-state index >= 15 is 0 Å². The normalized spacial score (nSPS) is 9.90. The Morgan fingerprint density at radius 1 is 0.750 bits per heavy atom. The molecule has 2 heteroatoms. The van der Waals surface area contributed by atoms with Gasteiger partial charge in [-0.15, -0.1) is 0 Å². The highest BCUT2D eigenvalue weighted by Crippen LogP contribution is 2.37. The molecule has 0 saturated heterocycles. The number of ether oxygens (including phenoxy) is 2. The van der Waals surface area contributed by atoms with Crippen molar-refractivity contribution in [1.82, 2.24) is 0 Å². The third-order valence-electron chi connectivity index (χ3n) is 3.21. The van der Waals surface area contributed by atoms with Gasteiger partial charge in [-0.1, -0.05) is 37.4 Å². The Balaban J connectivity index is 2.61. The lowest BCUT2D eigenvalue weighted by Gasteiger charge is -2.13. The third-order valence-corrected chi connectivity index (χ3v) is 3.21. The average Bonchev–Trinajstić information content (AvgIpc) is 2.53. The predicted molar refractivity (Wildman–Crippen MR) is 85.2 cm³/mol. The van der Waals surface area contributed by atoms with Crippen molar-refractivity contribution < 1.29 is 9.47 Å². The Labute approximate surface area is 120 Å². The lowest BCUT2D eigenvalue weighted by molar-refractivity contribution is 0.410. The summed E-state index contributed by atoms with van der Waals surface area (Å²) in [6.07, 6.45) is 3.59. The highest BCUT2D eigenvalue weighted by Gasteiger charge is 2.11. The molecule has 20 heavy (non-hydrogen) atoms. The van der Waals surface area contributed by atoms with E-state index in [1.807, 2.05) is 36.4 Å². The zero-order chi connectivity index (χ0) is 14.5. The fourth-order valence-electron chi connectivity index (χ4n) is 2.11. The first-order chi connectivity index (χ1) is 9.73. The van der Waals surface area contributed by atoms with E-state index in [-0.39, 0.29) is 0 Å². The van der Waals surface area contributed by atoms with Gasteiger partial charge in [0.25, 0.3) is 0 Å². The van der Waals surface area contributed by atoms with E-state index in [9.17, 15) is 0 Å². The molecule has 2 rings (SSSR count). The Morgan fingerprint density at radius 2 is 1.15 bits per heavy atom. The topological polar surface area (TPSA) is 18.5 Å². The summed E-state index contributed by atoms with van der Waals surface area (Å²) < 4.78 is 10.9. The van der Waals surface area contributed by atoms with Crippen LogP contribution in [0.5, 0.6) is 11.5 Å². The minimum atomic E-state index is 0.798. The standard InChI is InChI=1S/C18H18O2/c1-5-13-7-9-15(17(11-13)19-3)16-10-8-14(6-2)12-18(16)20-4/h5-12H,1-2H2,3-4H3. The fraction of sp³-hybridized carbons (Fsp3) is 0.111. The lowest BCUT2D eigenvalue weighted by atomic mass is 10.00. The molecule has 0 atom stereocenters. The Bertz CT molecular complexity index is 584. The number of methoxy groups -OCH3 is 2. The molecular formula is C18H18O2. The summed E-state index contributed by atoms with van der Waals surface area (Å²) in [7, 11) is 3.33. The van der Waals surface area contributed by atoms with Crippen molar-refractivity contribution in [3.8, 4) is 22.6 Å². The largest absolute Gasteiger partial charge is 0.496 e. The van der Waals surface area contributed by atoms with E-state index in [0.717, 1.165) is 33.8 Å². The van der Waals surface area contributed by atoms with Gasteiger partial charge in [-0.25, -0.2) is 0 Å². The molecule has 0 spiro atoms. The zero-order valence-electron chi connectivity index (χ0n) is 11.8. The van der Waals surface area contributed by atoms with Gasteiger partial charge in [0.05, 0.1) is 14.2 Å². The van der Waals surface area contributed by atoms with Crippen LogP contribution >= 0.6 is 0 Å². The average molecular weight is 266 g/mol. The highest BCUT2D eigenvalue weighted by atomic mass is 16.5. The first-order valence-corrected chi connectivity index (χ1v) is 6.34. The van der Waals surface area contributed by atoms with E-state index in [1.54, 1.807) is 26.4 Å². The molecule has 0 saturated carbocycles. The van der Waals surface area contributed by atoms with Crippen molar-refractivity contribution in [2.45, 2.75) is 0 Å². The van der Waals surface area contributed by atoms with Crippen LogP contribution in [0.25, 0.3) is 23.3 Å². The van der Waals surface area contributed by atoms with Crippen molar-refractivity contribution >= 4 is 12.2 Å². The molecule has 0 N–H and O–H groups in total. The minimum absolute atomic E-state index is 0.798. The van der Waals surface area contributed by atoms with Gasteiger partial charge in [0.1, 0.15) is 11.5 Å². The molecule has 102 valence electrons. The lowest BCUT2D eigenvalue weighted by Crippen LogP contribution is -1.93. The van der Waals surface area contributed by atoms with Gasteiger partial charge in [-0.3, -0.25) is 0 Å². The van der Waals surface area contributed by atoms with Crippen LogP contribution in [-0.4, -0.2) is 14.2 Å². The van der Waals surface area contributed by atoms with Crippen molar-refractivity contribution in [3.05, 3.63) is 60.7 Å². The molecule has 0 aromatic heterocycles. The van der Waals surface area contributed by atoms with Gasteiger partial charge < -0.3 is 9.47 Å². The summed E-state index contributed by atoms with van der Waals surface area (Å²) in [6.45, 7) is 7.55. The Morgan fingerprint density at radius 3 is 1.45 bits per heavy atom. The summed E-state index contributed by atoms with van der Waals surface area (Å²) in [5.41, 5.74) is 4.02. The Kier molecular flexibility index (Phi) is 4.26. The van der Waals surface area contributed by atoms with Crippen LogP contribution in [0.1, 0.15) is 11.1 Å². The van der Waals surface area contributed by atoms with Crippen LogP contribution in [0.2, 0.25) is 0 Å². The summed E-state index contributed by atoms with van der Waals surface area (Å²) in [5.74, 6) is 1.60. The van der Waals surface area contributed by atoms with Crippen LogP contribution < -0.4 is 9.47 Å². The zero-order valence-corrected chi connectivity index (χ0v) is 11.8. The van der Waals surface area contributed by atoms with E-state index in [1.165, 1.54) is 0 Å². The number of hydrogen-bond acceptors (Lipinski definition) is 2. The van der Waals surface area contributed by atoms with Gasteiger partial charge in [0.2, 0.25) is 0 Å². The molecule has 0 radical (unpaired) electrons. The predicted octanol–water partition coefficient (Wildman–Crippen LogP) is 4.66. The highest BCUT2D eigenvalue weighted by molar-refractivity contribution is 5.78. The van der Waals surface area contributed by atoms with Crippen molar-refractivity contribution in [1.29, 1.82) is 0 Å². The Hall–Kier alpha value is -2.48. The van der Waals surface area contributed by atoms with E-state index in [2.05, 4.69) is 13.2 Å². The SMILES string of the molecule is C=Cc1ccc(-c2ccc(C=C)cc2OC)c(OC)c1. The molecule has 0 bridgehead atoms. The third kappa shape index (κ3) is 2.59. The van der Waals surface area contributed by atoms with Crippen LogP contribution in [0, 0.1) is 0 Å². The number of benzene rings is 2. The monoisotopic (exact) mass is 266 g/mol. The molecule has 2 aromatic rings. The van der Waals surface area contributed by atoms with Crippen molar-refractivity contribution in [2.24, 2.45) is 0 Å². The maximum atomic E-state index is 5.47. The van der Waals surface area contributed by atoms with Crippen LogP contribution in [0.15, 0.2) is 49.6 Å². The molecule has 0 unspecified atom stereocenters. The van der Waals surface area contributed by atoms with Gasteiger partial charge in [-0.2, -0.15) is 0 Å². The molecule has 2 nitrogen and oxygen atoms in total. The smallest absolute Gasteiger partial charge is 0.127 e. The van der Waals surface area contributed by atoms with Crippen molar-refractivity contribution in [2.75, 3.05) is 14.2 Å². The van der Waals surface area contributed by atoms with E-state index < -0.39 is 0 Å². The van der Waals surface area contributed by atoms with Crippen LogP contribution in [0.3, 0.4) is 0 Å². The second kappa shape index (κ2) is 6.11. The molecule has 0 aliphatic heterocycles. The first-order valence-electron chi connectivity index (χ1n) is 6.34. The molecular weight excluding hydrogens is 248 g/mol. The van der Waals surface area contributed by atoms with Gasteiger partial charge in [-0.05, 0) is 35.4 Å². The molecule has 0 aliphatic carbocycles. The molecule has 0 fully saturated rings. The number of rotatable bonds is 5. The van der Waals surface area contributed by atoms with Crippen molar-refractivity contribution in [3.63, 3.8) is 0 Å².